The van der Waals surface area contributed by atoms with Crippen molar-refractivity contribution in [2.75, 3.05) is 6.61 Å². The Balaban J connectivity index is 2.67. The first-order valence-corrected chi connectivity index (χ1v) is 7.71. The van der Waals surface area contributed by atoms with Crippen LogP contribution in [0.4, 0.5) is 18.9 Å². The van der Waals surface area contributed by atoms with Crippen LogP contribution in [0.25, 0.3) is 0 Å². The number of benzene rings is 1. The van der Waals surface area contributed by atoms with Crippen LogP contribution in [-0.2, 0) is 9.53 Å². The third-order valence-corrected chi connectivity index (χ3v) is 4.04. The SMILES string of the molecule is CCOC(=O)[C@@H]1[C@@H](c2ccccc2[N+](=O)[O-])NC(=S)N[C@]1(O)C(F)(F)F. The molecule has 0 aromatic heterocycles. The van der Waals surface area contributed by atoms with Crippen LogP contribution in [0.3, 0.4) is 0 Å². The molecular formula is C14H14F3N3O5S. The second-order valence-electron chi connectivity index (χ2n) is 5.39. The number of carbonyl (C=O) groups is 1. The standard InChI is InChI=1S/C14H14F3N3O5S/c1-2-25-11(21)9-10(7-5-3-4-6-8(7)20(23)24)18-12(26)19-13(9,22)14(15,16)17/h3-6,9-10,22H,2H2,1H3,(H2,18,19,26)/t9-,10+,13+/m0/s1. The molecule has 1 heterocycles. The third kappa shape index (κ3) is 3.42. The summed E-state index contributed by atoms with van der Waals surface area (Å²) in [6.45, 7) is 1.12. The number of thiocarbonyl (C=S) groups is 1. The number of nitrogens with zero attached hydrogens (tertiary/aromatic N) is 1. The quantitative estimate of drug-likeness (QED) is 0.306. The van der Waals surface area contributed by atoms with Crippen LogP contribution in [0.1, 0.15) is 18.5 Å². The molecule has 0 aliphatic carbocycles. The number of para-hydroxylation sites is 1. The zero-order chi connectivity index (χ0) is 19.7. The topological polar surface area (TPSA) is 114 Å². The summed E-state index contributed by atoms with van der Waals surface area (Å²) >= 11 is 4.71. The fraction of sp³-hybridized carbons (Fsp3) is 0.429. The number of ether oxygens (including phenoxy) is 1. The van der Waals surface area contributed by atoms with Gasteiger partial charge in [0, 0.05) is 6.07 Å². The lowest BCUT2D eigenvalue weighted by Gasteiger charge is -2.45. The molecule has 0 spiro atoms. The van der Waals surface area contributed by atoms with E-state index in [1.807, 2.05) is 0 Å². The average Bonchev–Trinajstić information content (AvgIpc) is 2.53. The largest absolute Gasteiger partial charge is 0.466 e. The lowest BCUT2D eigenvalue weighted by atomic mass is 9.81. The Morgan fingerprint density at radius 2 is 2.08 bits per heavy atom. The highest BCUT2D eigenvalue weighted by Gasteiger charge is 2.67. The van der Waals surface area contributed by atoms with Gasteiger partial charge < -0.3 is 20.5 Å². The summed E-state index contributed by atoms with van der Waals surface area (Å²) in [4.78, 5) is 22.7. The summed E-state index contributed by atoms with van der Waals surface area (Å²) in [5, 5.41) is 24.9. The summed E-state index contributed by atoms with van der Waals surface area (Å²) in [5.74, 6) is -3.67. The van der Waals surface area contributed by atoms with Gasteiger partial charge in [0.1, 0.15) is 5.92 Å². The Kier molecular flexibility index (Phi) is 5.37. The van der Waals surface area contributed by atoms with E-state index in [-0.39, 0.29) is 12.2 Å². The molecule has 8 nitrogen and oxygen atoms in total. The van der Waals surface area contributed by atoms with Gasteiger partial charge in [-0.05, 0) is 19.1 Å². The molecule has 12 heteroatoms. The summed E-state index contributed by atoms with van der Waals surface area (Å²) in [6.07, 6.45) is -5.32. The van der Waals surface area contributed by atoms with Gasteiger partial charge in [0.05, 0.1) is 23.1 Å². The van der Waals surface area contributed by atoms with Gasteiger partial charge in [-0.15, -0.1) is 0 Å². The number of carbonyl (C=O) groups excluding carboxylic acids is 1. The second kappa shape index (κ2) is 7.03. The first kappa shape index (κ1) is 19.8. The molecule has 1 fully saturated rings. The van der Waals surface area contributed by atoms with Crippen molar-refractivity contribution in [3.63, 3.8) is 0 Å². The van der Waals surface area contributed by atoms with Crippen LogP contribution in [0.5, 0.6) is 0 Å². The van der Waals surface area contributed by atoms with Crippen LogP contribution in [0.2, 0.25) is 0 Å². The van der Waals surface area contributed by atoms with Crippen molar-refractivity contribution in [1.29, 1.82) is 0 Å². The van der Waals surface area contributed by atoms with E-state index in [1.165, 1.54) is 25.1 Å². The summed E-state index contributed by atoms with van der Waals surface area (Å²) < 4.78 is 45.3. The van der Waals surface area contributed by atoms with E-state index in [4.69, 9.17) is 12.2 Å². The molecule has 1 aromatic carbocycles. The number of hydrogen-bond donors (Lipinski definition) is 3. The molecule has 142 valence electrons. The fourth-order valence-corrected chi connectivity index (χ4v) is 3.00. The Bertz CT molecular complexity index is 745. The molecule has 0 unspecified atom stereocenters. The number of alkyl halides is 3. The number of rotatable bonds is 4. The number of nitrogens with one attached hydrogen (secondary N) is 2. The minimum absolute atomic E-state index is 0.248. The summed E-state index contributed by atoms with van der Waals surface area (Å²) in [5.41, 5.74) is -4.55. The Morgan fingerprint density at radius 1 is 1.46 bits per heavy atom. The second-order valence-corrected chi connectivity index (χ2v) is 5.79. The van der Waals surface area contributed by atoms with Gasteiger partial charge in [-0.3, -0.25) is 14.9 Å². The van der Waals surface area contributed by atoms with E-state index in [2.05, 4.69) is 10.1 Å². The van der Waals surface area contributed by atoms with Gasteiger partial charge in [0.15, 0.2) is 5.11 Å². The molecule has 0 radical (unpaired) electrons. The first-order chi connectivity index (χ1) is 12.0. The minimum atomic E-state index is -5.32. The molecule has 0 saturated carbocycles. The van der Waals surface area contributed by atoms with Crippen molar-refractivity contribution in [2.24, 2.45) is 5.92 Å². The Labute approximate surface area is 150 Å². The van der Waals surface area contributed by atoms with Crippen LogP contribution < -0.4 is 10.6 Å². The van der Waals surface area contributed by atoms with Gasteiger partial charge in [-0.25, -0.2) is 0 Å². The predicted molar refractivity (Wildman–Crippen MR) is 85.8 cm³/mol. The van der Waals surface area contributed by atoms with E-state index in [0.717, 1.165) is 6.07 Å². The van der Waals surface area contributed by atoms with Gasteiger partial charge in [-0.1, -0.05) is 18.2 Å². The molecule has 0 bridgehead atoms. The van der Waals surface area contributed by atoms with E-state index >= 15 is 0 Å². The molecular weight excluding hydrogens is 379 g/mol. The minimum Gasteiger partial charge on any atom is -0.466 e. The van der Waals surface area contributed by atoms with E-state index < -0.39 is 45.6 Å². The van der Waals surface area contributed by atoms with Gasteiger partial charge in [0.2, 0.25) is 0 Å². The van der Waals surface area contributed by atoms with Crippen molar-refractivity contribution in [1.82, 2.24) is 10.6 Å². The molecule has 3 N–H and O–H groups in total. The number of hydrogen-bond acceptors (Lipinski definition) is 6. The molecule has 0 amide bonds. The van der Waals surface area contributed by atoms with Gasteiger partial charge >= 0.3 is 12.1 Å². The summed E-state index contributed by atoms with van der Waals surface area (Å²) in [6, 6.07) is 3.26. The highest BCUT2D eigenvalue weighted by molar-refractivity contribution is 7.80. The molecule has 1 saturated heterocycles. The maximum Gasteiger partial charge on any atom is 0.437 e. The third-order valence-electron chi connectivity index (χ3n) is 3.82. The van der Waals surface area contributed by atoms with Crippen molar-refractivity contribution in [3.05, 3.63) is 39.9 Å². The molecule has 1 aliphatic heterocycles. The van der Waals surface area contributed by atoms with Gasteiger partial charge in [-0.2, -0.15) is 13.2 Å². The molecule has 26 heavy (non-hydrogen) atoms. The Morgan fingerprint density at radius 3 is 2.62 bits per heavy atom. The van der Waals surface area contributed by atoms with Gasteiger partial charge in [0.25, 0.3) is 11.4 Å². The van der Waals surface area contributed by atoms with Crippen LogP contribution in [-0.4, -0.2) is 39.6 Å². The van der Waals surface area contributed by atoms with Crippen LogP contribution in [0, 0.1) is 16.0 Å². The van der Waals surface area contributed by atoms with E-state index in [1.54, 1.807) is 5.32 Å². The van der Waals surface area contributed by atoms with Crippen molar-refractivity contribution < 1.29 is 32.7 Å². The van der Waals surface area contributed by atoms with Crippen molar-refractivity contribution >= 4 is 29.0 Å². The Hall–Kier alpha value is -2.47. The lowest BCUT2D eigenvalue weighted by Crippen LogP contribution is -2.73. The van der Waals surface area contributed by atoms with Crippen LogP contribution in [0.15, 0.2) is 24.3 Å². The predicted octanol–water partition coefficient (Wildman–Crippen LogP) is 1.54. The monoisotopic (exact) mass is 393 g/mol. The summed E-state index contributed by atoms with van der Waals surface area (Å²) in [7, 11) is 0. The number of nitro benzene ring substituents is 1. The highest BCUT2D eigenvalue weighted by Crippen LogP contribution is 2.44. The number of nitro groups is 1. The number of esters is 1. The number of aliphatic hydroxyl groups is 1. The molecule has 3 atom stereocenters. The maximum atomic E-state index is 13.6. The molecule has 1 aliphatic rings. The van der Waals surface area contributed by atoms with E-state index in [0.29, 0.717) is 0 Å². The maximum absolute atomic E-state index is 13.6. The highest BCUT2D eigenvalue weighted by atomic mass is 32.1. The zero-order valence-electron chi connectivity index (χ0n) is 13.2. The molecule has 2 rings (SSSR count). The smallest absolute Gasteiger partial charge is 0.437 e. The average molecular weight is 393 g/mol. The van der Waals surface area contributed by atoms with Crippen LogP contribution >= 0.6 is 12.2 Å². The molecule has 1 aromatic rings. The first-order valence-electron chi connectivity index (χ1n) is 7.30. The van der Waals surface area contributed by atoms with E-state index in [9.17, 15) is 33.2 Å². The van der Waals surface area contributed by atoms with Crippen molar-refractivity contribution in [2.45, 2.75) is 24.9 Å². The fourth-order valence-electron chi connectivity index (χ4n) is 2.71. The number of halogens is 3. The van der Waals surface area contributed by atoms with Crippen molar-refractivity contribution in [3.8, 4) is 0 Å². The lowest BCUT2D eigenvalue weighted by molar-refractivity contribution is -0.386. The zero-order valence-corrected chi connectivity index (χ0v) is 14.1. The normalized spacial score (nSPS) is 25.8.